The first-order valence-electron chi connectivity index (χ1n) is 19.8. The van der Waals surface area contributed by atoms with Crippen molar-refractivity contribution < 1.29 is 23.3 Å². The summed E-state index contributed by atoms with van der Waals surface area (Å²) < 4.78 is 39.8. The summed E-state index contributed by atoms with van der Waals surface area (Å²) in [6.45, 7) is 4.30. The average Bonchev–Trinajstić information content (AvgIpc) is 3.54. The molecule has 10 rings (SSSR count). The Labute approximate surface area is 347 Å². The number of benzene rings is 7. The number of methoxy groups -OCH3 is 3. The normalized spacial score (nSPS) is 15.8. The third-order valence-corrected chi connectivity index (χ3v) is 11.9. The lowest BCUT2D eigenvalue weighted by Gasteiger charge is -2.38. The molecule has 1 aliphatic carbocycles. The Morgan fingerprint density at radius 3 is 1.65 bits per heavy atom. The van der Waals surface area contributed by atoms with Crippen molar-refractivity contribution >= 4 is 16.8 Å². The molecule has 8 heteroatoms. The Morgan fingerprint density at radius 1 is 0.567 bits per heavy atom. The second-order valence-electron chi connectivity index (χ2n) is 15.6. The summed E-state index contributed by atoms with van der Waals surface area (Å²) in [5.74, 6) is 4.04. The van der Waals surface area contributed by atoms with Gasteiger partial charge in [-0.15, -0.1) is 0 Å². The molecule has 0 N–H and O–H groups in total. The minimum Gasteiger partial charge on any atom is -0.497 e. The molecule has 60 heavy (non-hydrogen) atoms. The van der Waals surface area contributed by atoms with Crippen molar-refractivity contribution in [3.63, 3.8) is 0 Å². The van der Waals surface area contributed by atoms with E-state index in [1.807, 2.05) is 115 Å². The van der Waals surface area contributed by atoms with Crippen molar-refractivity contribution in [2.24, 2.45) is 0 Å². The van der Waals surface area contributed by atoms with E-state index in [9.17, 15) is 4.39 Å². The molecule has 0 saturated carbocycles. The highest BCUT2D eigenvalue weighted by atomic mass is 19.1. The average molecular weight is 790 g/mol. The molecule has 1 aromatic heterocycles. The Hall–Kier alpha value is -7.32. The predicted octanol–water partition coefficient (Wildman–Crippen LogP) is 11.8. The van der Waals surface area contributed by atoms with Crippen LogP contribution < -0.4 is 18.9 Å². The van der Waals surface area contributed by atoms with E-state index < -0.39 is 11.0 Å². The van der Waals surface area contributed by atoms with Gasteiger partial charge in [-0.1, -0.05) is 123 Å². The Kier molecular flexibility index (Phi) is 8.75. The van der Waals surface area contributed by atoms with E-state index in [1.54, 1.807) is 27.4 Å². The third-order valence-electron chi connectivity index (χ3n) is 11.9. The first-order valence-corrected chi connectivity index (χ1v) is 19.8. The van der Waals surface area contributed by atoms with Gasteiger partial charge in [-0.3, -0.25) is 0 Å². The second-order valence-corrected chi connectivity index (χ2v) is 15.6. The number of hydrogen-bond acceptors (Lipinski definition) is 7. The minimum atomic E-state index is -1.09. The van der Waals surface area contributed by atoms with Crippen molar-refractivity contribution in [3.8, 4) is 68.3 Å². The van der Waals surface area contributed by atoms with Crippen LogP contribution in [0.5, 0.6) is 23.0 Å². The summed E-state index contributed by atoms with van der Waals surface area (Å²) in [6.07, 6.45) is 4.29. The van der Waals surface area contributed by atoms with Crippen LogP contribution in [-0.2, 0) is 11.0 Å². The Balaban J connectivity index is 1.17. The first-order chi connectivity index (χ1) is 29.2. The van der Waals surface area contributed by atoms with Gasteiger partial charge >= 0.3 is 0 Å². The molecule has 2 heterocycles. The van der Waals surface area contributed by atoms with E-state index in [1.165, 1.54) is 6.07 Å². The summed E-state index contributed by atoms with van der Waals surface area (Å²) >= 11 is 0. The summed E-state index contributed by atoms with van der Waals surface area (Å²) in [6, 6.07) is 45.1. The van der Waals surface area contributed by atoms with Crippen molar-refractivity contribution in [1.29, 1.82) is 0 Å². The van der Waals surface area contributed by atoms with Crippen molar-refractivity contribution in [2.75, 3.05) is 21.3 Å². The smallest absolute Gasteiger partial charge is 0.178 e. The van der Waals surface area contributed by atoms with Crippen LogP contribution in [0.4, 0.5) is 4.39 Å². The van der Waals surface area contributed by atoms with Crippen LogP contribution >= 0.6 is 0 Å². The largest absolute Gasteiger partial charge is 0.497 e. The molecule has 1 atom stereocenters. The third kappa shape index (κ3) is 5.81. The minimum absolute atomic E-state index is 0.273. The highest BCUT2D eigenvalue weighted by Crippen LogP contribution is 2.59. The lowest BCUT2D eigenvalue weighted by atomic mass is 9.76. The van der Waals surface area contributed by atoms with Gasteiger partial charge in [0.1, 0.15) is 17.3 Å². The highest BCUT2D eigenvalue weighted by Gasteiger charge is 2.45. The summed E-state index contributed by atoms with van der Waals surface area (Å²) in [4.78, 5) is 14.8. The number of nitrogens with zero attached hydrogens (tertiary/aromatic N) is 3. The van der Waals surface area contributed by atoms with E-state index in [4.69, 9.17) is 33.9 Å². The van der Waals surface area contributed by atoms with Crippen molar-refractivity contribution in [3.05, 3.63) is 179 Å². The molecule has 0 bridgehead atoms. The van der Waals surface area contributed by atoms with Gasteiger partial charge in [0.2, 0.25) is 0 Å². The number of ether oxygens (including phenoxy) is 4. The van der Waals surface area contributed by atoms with Crippen LogP contribution in [-0.4, -0.2) is 36.3 Å². The SMILES string of the molecule is COc1ccc(C2(c3ccc(-c4nc(-c5ccccc5)nc(-c5ccccc5)n4)cc3)C=Cc3c4c(c5cc(OC)c(OC)cc5c3O2)-c2ccc(F)cc2C4(C)C)cc1. The lowest BCUT2D eigenvalue weighted by molar-refractivity contribution is 0.163. The summed E-state index contributed by atoms with van der Waals surface area (Å²) in [5.41, 5.74) is 7.70. The first kappa shape index (κ1) is 37.0. The topological polar surface area (TPSA) is 75.6 Å². The number of halogens is 1. The van der Waals surface area contributed by atoms with Crippen LogP contribution in [0.3, 0.4) is 0 Å². The van der Waals surface area contributed by atoms with E-state index in [-0.39, 0.29) is 5.82 Å². The van der Waals surface area contributed by atoms with Crippen LogP contribution in [0, 0.1) is 5.82 Å². The van der Waals surface area contributed by atoms with Gasteiger partial charge in [0.05, 0.1) is 21.3 Å². The van der Waals surface area contributed by atoms with E-state index in [0.29, 0.717) is 34.7 Å². The fraction of sp³-hybridized carbons (Fsp3) is 0.135. The van der Waals surface area contributed by atoms with Crippen molar-refractivity contribution in [2.45, 2.75) is 24.9 Å². The fourth-order valence-corrected chi connectivity index (χ4v) is 8.90. The molecule has 294 valence electrons. The molecule has 0 amide bonds. The molecule has 1 unspecified atom stereocenters. The van der Waals surface area contributed by atoms with E-state index >= 15 is 0 Å². The highest BCUT2D eigenvalue weighted by molar-refractivity contribution is 6.09. The molecular formula is C52H40FN3O4. The summed E-state index contributed by atoms with van der Waals surface area (Å²) in [5, 5.41) is 1.77. The van der Waals surface area contributed by atoms with E-state index in [0.717, 1.165) is 72.2 Å². The van der Waals surface area contributed by atoms with Gasteiger partial charge in [0.15, 0.2) is 34.6 Å². The molecule has 2 aliphatic rings. The zero-order chi connectivity index (χ0) is 41.2. The lowest BCUT2D eigenvalue weighted by Crippen LogP contribution is -2.35. The standard InChI is InChI=1S/C52H40FN3O4/c1-51(2)42-28-36(53)22-25-38(42)45-40-29-43(58-4)44(59-5)30-41(40)47-39(46(45)51)26-27-52(60-47,35-20-23-37(57-3)24-21-35)34-18-16-33(17-19-34)50-55-48(31-12-8-6-9-13-31)54-49(56-50)32-14-10-7-11-15-32/h6-30H,1-5H3. The molecule has 0 spiro atoms. The number of fused-ring (bicyclic) bond motifs is 8. The van der Waals surface area contributed by atoms with E-state index in [2.05, 4.69) is 38.1 Å². The summed E-state index contributed by atoms with van der Waals surface area (Å²) in [7, 11) is 4.92. The van der Waals surface area contributed by atoms with Gasteiger partial charge in [0.25, 0.3) is 0 Å². The number of hydrogen-bond donors (Lipinski definition) is 0. The van der Waals surface area contributed by atoms with Gasteiger partial charge in [0, 0.05) is 44.2 Å². The van der Waals surface area contributed by atoms with Crippen molar-refractivity contribution in [1.82, 2.24) is 15.0 Å². The predicted molar refractivity (Wildman–Crippen MR) is 234 cm³/mol. The van der Waals surface area contributed by atoms with Gasteiger partial charge in [-0.2, -0.15) is 0 Å². The van der Waals surface area contributed by atoms with Gasteiger partial charge in [-0.25, -0.2) is 19.3 Å². The van der Waals surface area contributed by atoms with Gasteiger partial charge < -0.3 is 18.9 Å². The molecule has 0 saturated heterocycles. The molecule has 1 aliphatic heterocycles. The molecule has 7 aromatic carbocycles. The maximum Gasteiger partial charge on any atom is 0.178 e. The molecule has 0 fully saturated rings. The maximum atomic E-state index is 15.0. The van der Waals surface area contributed by atoms with Crippen LogP contribution in [0.15, 0.2) is 146 Å². The zero-order valence-electron chi connectivity index (χ0n) is 33.8. The molecule has 8 aromatic rings. The Morgan fingerprint density at radius 2 is 1.10 bits per heavy atom. The van der Waals surface area contributed by atoms with Crippen LogP contribution in [0.1, 0.15) is 41.7 Å². The monoisotopic (exact) mass is 789 g/mol. The molecule has 0 radical (unpaired) electrons. The maximum absolute atomic E-state index is 15.0. The van der Waals surface area contributed by atoms with Crippen LogP contribution in [0.25, 0.3) is 62.1 Å². The number of rotatable bonds is 8. The Bertz CT molecular complexity index is 2930. The van der Waals surface area contributed by atoms with Gasteiger partial charge in [-0.05, 0) is 70.1 Å². The molecular weight excluding hydrogens is 750 g/mol. The molecule has 7 nitrogen and oxygen atoms in total. The fourth-order valence-electron chi connectivity index (χ4n) is 8.90. The number of aromatic nitrogens is 3. The zero-order valence-corrected chi connectivity index (χ0v) is 33.8. The second kappa shape index (κ2) is 14.2. The van der Waals surface area contributed by atoms with Crippen LogP contribution in [0.2, 0.25) is 0 Å². The quantitative estimate of drug-likeness (QED) is 0.152.